The first kappa shape index (κ1) is 18.2. The number of nitrogens with two attached hydrogens (primary N) is 1. The van der Waals surface area contributed by atoms with Gasteiger partial charge in [0.05, 0.1) is 5.69 Å². The van der Waals surface area contributed by atoms with Crippen LogP contribution in [0, 0.1) is 17.8 Å². The van der Waals surface area contributed by atoms with E-state index in [1.165, 1.54) is 30.4 Å². The second kappa shape index (κ2) is 6.64. The summed E-state index contributed by atoms with van der Waals surface area (Å²) in [5.41, 5.74) is 5.89. The molecule has 0 saturated heterocycles. The molecular formula is C15H21F3N4O2S. The third kappa shape index (κ3) is 4.55. The largest absolute Gasteiger partial charge is 0.402 e. The Bertz CT molecular complexity index is 735. The second-order valence-corrected chi connectivity index (χ2v) is 8.55. The zero-order chi connectivity index (χ0) is 18.2. The Morgan fingerprint density at radius 3 is 2.60 bits per heavy atom. The third-order valence-corrected chi connectivity index (χ3v) is 6.30. The predicted octanol–water partition coefficient (Wildman–Crippen LogP) is 2.35. The number of aromatic nitrogens is 1. The first-order valence-corrected chi connectivity index (χ1v) is 9.70. The van der Waals surface area contributed by atoms with E-state index in [1.807, 2.05) is 0 Å². The summed E-state index contributed by atoms with van der Waals surface area (Å²) in [6.07, 6.45) is 1.49. The molecule has 0 radical (unpaired) electrons. The molecule has 2 fully saturated rings. The molecule has 0 bridgehead atoms. The summed E-state index contributed by atoms with van der Waals surface area (Å²) in [5.74, 6) is 2.54. The van der Waals surface area contributed by atoms with Crippen molar-refractivity contribution in [3.63, 3.8) is 0 Å². The predicted molar refractivity (Wildman–Crippen MR) is 87.3 cm³/mol. The van der Waals surface area contributed by atoms with Gasteiger partial charge in [0, 0.05) is 12.7 Å². The van der Waals surface area contributed by atoms with Gasteiger partial charge in [-0.1, -0.05) is 19.3 Å². The van der Waals surface area contributed by atoms with Gasteiger partial charge in [0.2, 0.25) is 10.0 Å². The van der Waals surface area contributed by atoms with Gasteiger partial charge in [0.1, 0.15) is 17.3 Å². The van der Waals surface area contributed by atoms with Crippen LogP contribution in [0.5, 0.6) is 0 Å². The first-order valence-electron chi connectivity index (χ1n) is 8.21. The van der Waals surface area contributed by atoms with Crippen LogP contribution in [0.3, 0.4) is 0 Å². The highest BCUT2D eigenvalue weighted by molar-refractivity contribution is 7.89. The summed E-state index contributed by atoms with van der Waals surface area (Å²) in [6, 6.07) is 1.12. The fourth-order valence-corrected chi connectivity index (χ4v) is 4.19. The molecule has 4 N–H and O–H groups in total. The molecular weight excluding hydrogens is 357 g/mol. The zero-order valence-corrected chi connectivity index (χ0v) is 14.3. The Kier molecular flexibility index (Phi) is 4.84. The van der Waals surface area contributed by atoms with Gasteiger partial charge in [0.15, 0.2) is 0 Å². The molecule has 2 unspecified atom stereocenters. The molecule has 6 nitrogen and oxygen atoms in total. The van der Waals surface area contributed by atoms with E-state index in [2.05, 4.69) is 10.3 Å². The summed E-state index contributed by atoms with van der Waals surface area (Å²) in [7, 11) is -4.31. The highest BCUT2D eigenvalue weighted by Crippen LogP contribution is 2.51. The lowest BCUT2D eigenvalue weighted by Gasteiger charge is -2.25. The molecule has 2 aliphatic rings. The number of anilines is 2. The molecule has 0 amide bonds. The van der Waals surface area contributed by atoms with Crippen LogP contribution in [0.4, 0.5) is 24.7 Å². The lowest BCUT2D eigenvalue weighted by atomic mass is 9.81. The summed E-state index contributed by atoms with van der Waals surface area (Å²) in [4.78, 5) is 3.57. The number of nitrogen functional groups attached to an aromatic ring is 1. The van der Waals surface area contributed by atoms with Gasteiger partial charge in [-0.3, -0.25) is 0 Å². The summed E-state index contributed by atoms with van der Waals surface area (Å²) < 4.78 is 61.7. The van der Waals surface area contributed by atoms with Crippen molar-refractivity contribution in [3.05, 3.63) is 12.3 Å². The van der Waals surface area contributed by atoms with Gasteiger partial charge < -0.3 is 11.1 Å². The zero-order valence-electron chi connectivity index (χ0n) is 13.5. The summed E-state index contributed by atoms with van der Waals surface area (Å²) in [5, 5.41) is 3.11. The molecule has 2 aliphatic carbocycles. The van der Waals surface area contributed by atoms with E-state index in [0.29, 0.717) is 11.7 Å². The number of halogens is 3. The standard InChI is InChI=1S/C15H21F3N4O2S/c16-15(17,18)8-22-25(23,24)11-5-13(19)14(21-7-11)20-6-10-4-12(10)9-2-1-3-9/h5,7,9-10,12,22H,1-4,6,8,19H2,(H,20,21). The minimum Gasteiger partial charge on any atom is -0.396 e. The number of hydrogen-bond donors (Lipinski definition) is 3. The van der Waals surface area contributed by atoms with Gasteiger partial charge in [0.25, 0.3) is 0 Å². The van der Waals surface area contributed by atoms with Crippen LogP contribution < -0.4 is 15.8 Å². The van der Waals surface area contributed by atoms with Crippen LogP contribution in [0.1, 0.15) is 25.7 Å². The molecule has 2 atom stereocenters. The fraction of sp³-hybridized carbons (Fsp3) is 0.667. The van der Waals surface area contributed by atoms with Crippen LogP contribution in [0.2, 0.25) is 0 Å². The molecule has 2 saturated carbocycles. The van der Waals surface area contributed by atoms with Gasteiger partial charge in [-0.2, -0.15) is 13.2 Å². The number of hydrogen-bond acceptors (Lipinski definition) is 5. The van der Waals surface area contributed by atoms with E-state index >= 15 is 0 Å². The highest BCUT2D eigenvalue weighted by atomic mass is 32.2. The molecule has 25 heavy (non-hydrogen) atoms. The minimum absolute atomic E-state index is 0.0933. The highest BCUT2D eigenvalue weighted by Gasteiger charge is 2.44. The quantitative estimate of drug-likeness (QED) is 0.677. The topological polar surface area (TPSA) is 97.1 Å². The van der Waals surface area contributed by atoms with E-state index in [-0.39, 0.29) is 5.69 Å². The van der Waals surface area contributed by atoms with Gasteiger partial charge in [-0.15, -0.1) is 0 Å². The van der Waals surface area contributed by atoms with Crippen LogP contribution >= 0.6 is 0 Å². The Morgan fingerprint density at radius 2 is 2.04 bits per heavy atom. The smallest absolute Gasteiger partial charge is 0.396 e. The van der Waals surface area contributed by atoms with Crippen molar-refractivity contribution < 1.29 is 21.6 Å². The van der Waals surface area contributed by atoms with Crippen molar-refractivity contribution in [2.24, 2.45) is 17.8 Å². The molecule has 10 heteroatoms. The number of alkyl halides is 3. The van der Waals surface area contributed by atoms with Crippen LogP contribution in [-0.2, 0) is 10.0 Å². The van der Waals surface area contributed by atoms with Gasteiger partial charge in [-0.05, 0) is 30.2 Å². The van der Waals surface area contributed by atoms with E-state index in [9.17, 15) is 21.6 Å². The monoisotopic (exact) mass is 378 g/mol. The Labute approximate surface area is 144 Å². The van der Waals surface area contributed by atoms with Crippen molar-refractivity contribution in [2.75, 3.05) is 24.1 Å². The number of pyridine rings is 1. The second-order valence-electron chi connectivity index (χ2n) is 6.78. The SMILES string of the molecule is Nc1cc(S(=O)(=O)NCC(F)(F)F)cnc1NCC1CC1C1CCC1. The first-order chi connectivity index (χ1) is 11.7. The molecule has 1 aromatic heterocycles. The summed E-state index contributed by atoms with van der Waals surface area (Å²) >= 11 is 0. The molecule has 1 aromatic rings. The van der Waals surface area contributed by atoms with Crippen molar-refractivity contribution in [3.8, 4) is 0 Å². The van der Waals surface area contributed by atoms with Crippen LogP contribution in [-0.4, -0.2) is 32.7 Å². The minimum atomic E-state index is -4.63. The Morgan fingerprint density at radius 1 is 1.32 bits per heavy atom. The molecule has 0 aromatic carbocycles. The Balaban J connectivity index is 1.57. The number of rotatable bonds is 7. The molecule has 0 aliphatic heterocycles. The van der Waals surface area contributed by atoms with Crippen molar-refractivity contribution >= 4 is 21.5 Å². The van der Waals surface area contributed by atoms with Crippen molar-refractivity contribution in [2.45, 2.75) is 36.8 Å². The number of nitrogens with zero attached hydrogens (tertiary/aromatic N) is 1. The lowest BCUT2D eigenvalue weighted by molar-refractivity contribution is -0.121. The van der Waals surface area contributed by atoms with Gasteiger partial charge >= 0.3 is 6.18 Å². The summed E-state index contributed by atoms with van der Waals surface area (Å²) in [6.45, 7) is -0.920. The van der Waals surface area contributed by atoms with E-state index in [1.54, 1.807) is 0 Å². The maximum atomic E-state index is 12.2. The van der Waals surface area contributed by atoms with E-state index in [0.717, 1.165) is 30.6 Å². The normalized spacial score (nSPS) is 24.0. The van der Waals surface area contributed by atoms with Crippen molar-refractivity contribution in [1.29, 1.82) is 0 Å². The molecule has 140 valence electrons. The average molecular weight is 378 g/mol. The maximum Gasteiger partial charge on any atom is 0.402 e. The Hall–Kier alpha value is -1.55. The third-order valence-electron chi connectivity index (χ3n) is 4.93. The van der Waals surface area contributed by atoms with Crippen LogP contribution in [0.15, 0.2) is 17.2 Å². The molecule has 0 spiro atoms. The fourth-order valence-electron chi connectivity index (χ4n) is 3.20. The van der Waals surface area contributed by atoms with E-state index < -0.39 is 27.6 Å². The van der Waals surface area contributed by atoms with Crippen LogP contribution in [0.25, 0.3) is 0 Å². The lowest BCUT2D eigenvalue weighted by Crippen LogP contribution is -2.33. The average Bonchev–Trinajstić information content (AvgIpc) is 3.20. The molecule has 1 heterocycles. The van der Waals surface area contributed by atoms with Gasteiger partial charge in [-0.25, -0.2) is 18.1 Å². The number of nitrogens with one attached hydrogen (secondary N) is 2. The maximum absolute atomic E-state index is 12.2. The molecule has 3 rings (SSSR count). The van der Waals surface area contributed by atoms with E-state index in [4.69, 9.17) is 5.73 Å². The number of sulfonamides is 1. The van der Waals surface area contributed by atoms with Crippen molar-refractivity contribution in [1.82, 2.24) is 9.71 Å².